The molecule has 6 heteroatoms. The number of ether oxygens (including phenoxy) is 1. The topological polar surface area (TPSA) is 63.7 Å². The van der Waals surface area contributed by atoms with Gasteiger partial charge in [0.15, 0.2) is 16.4 Å². The molecule has 1 aliphatic heterocycles. The molecule has 0 aliphatic carbocycles. The number of hydrogen-bond donors (Lipinski definition) is 0. The zero-order valence-corrected chi connectivity index (χ0v) is 19.7. The van der Waals surface area contributed by atoms with Crippen molar-refractivity contribution in [2.75, 3.05) is 18.1 Å². The molecule has 0 N–H and O–H groups in total. The maximum atomic E-state index is 13.1. The summed E-state index contributed by atoms with van der Waals surface area (Å²) in [6.45, 7) is 8.81. The second kappa shape index (κ2) is 9.43. The van der Waals surface area contributed by atoms with Crippen molar-refractivity contribution >= 4 is 15.7 Å². The standard InChI is InChI=1S/C25H33NO4S/c1-5-19-6-8-20(9-7-19)16-26(22-14-15-31(28,29)18-22)24(27)17-30-23-12-10-21(11-13-23)25(2,3)4/h6-13,22H,5,14-18H2,1-4H3. The molecule has 168 valence electrons. The van der Waals surface area contributed by atoms with Crippen LogP contribution < -0.4 is 4.74 Å². The van der Waals surface area contributed by atoms with E-state index in [-0.39, 0.29) is 35.5 Å². The summed E-state index contributed by atoms with van der Waals surface area (Å²) >= 11 is 0. The molecule has 2 aromatic carbocycles. The third kappa shape index (κ3) is 6.33. The minimum Gasteiger partial charge on any atom is -0.484 e. The van der Waals surface area contributed by atoms with Gasteiger partial charge in [0.05, 0.1) is 11.5 Å². The summed E-state index contributed by atoms with van der Waals surface area (Å²) in [5.41, 5.74) is 3.46. The monoisotopic (exact) mass is 443 g/mol. The number of benzene rings is 2. The smallest absolute Gasteiger partial charge is 0.261 e. The Hall–Kier alpha value is -2.34. The third-order valence-electron chi connectivity index (χ3n) is 5.84. The number of carbonyl (C=O) groups excluding carboxylic acids is 1. The van der Waals surface area contributed by atoms with Gasteiger partial charge < -0.3 is 9.64 Å². The van der Waals surface area contributed by atoms with E-state index in [2.05, 4.69) is 39.8 Å². The highest BCUT2D eigenvalue weighted by atomic mass is 32.2. The van der Waals surface area contributed by atoms with Gasteiger partial charge in [-0.15, -0.1) is 0 Å². The molecule has 0 saturated carbocycles. The van der Waals surface area contributed by atoms with Gasteiger partial charge in [-0.2, -0.15) is 0 Å². The number of nitrogens with zero attached hydrogens (tertiary/aromatic N) is 1. The molecule has 1 atom stereocenters. The maximum Gasteiger partial charge on any atom is 0.261 e. The van der Waals surface area contributed by atoms with Crippen molar-refractivity contribution in [3.05, 3.63) is 65.2 Å². The lowest BCUT2D eigenvalue weighted by Gasteiger charge is -2.28. The van der Waals surface area contributed by atoms with Crippen LogP contribution in [0, 0.1) is 0 Å². The molecule has 0 spiro atoms. The van der Waals surface area contributed by atoms with Crippen LogP contribution in [-0.2, 0) is 33.0 Å². The van der Waals surface area contributed by atoms with E-state index >= 15 is 0 Å². The minimum absolute atomic E-state index is 0.0199. The van der Waals surface area contributed by atoms with E-state index in [0.717, 1.165) is 12.0 Å². The Balaban J connectivity index is 1.71. The summed E-state index contributed by atoms with van der Waals surface area (Å²) in [5, 5.41) is 0. The van der Waals surface area contributed by atoms with E-state index in [1.54, 1.807) is 4.90 Å². The van der Waals surface area contributed by atoms with Gasteiger partial charge in [-0.1, -0.05) is 64.1 Å². The summed E-state index contributed by atoms with van der Waals surface area (Å²) in [4.78, 5) is 14.7. The molecule has 1 saturated heterocycles. The lowest BCUT2D eigenvalue weighted by Crippen LogP contribution is -2.43. The van der Waals surface area contributed by atoms with Crippen molar-refractivity contribution in [3.8, 4) is 5.75 Å². The second-order valence-electron chi connectivity index (χ2n) is 9.31. The summed E-state index contributed by atoms with van der Waals surface area (Å²) in [6.07, 6.45) is 1.42. The average molecular weight is 444 g/mol. The SMILES string of the molecule is CCc1ccc(CN(C(=O)COc2ccc(C(C)(C)C)cc2)C2CCS(=O)(=O)C2)cc1. The molecule has 1 unspecified atom stereocenters. The quantitative estimate of drug-likeness (QED) is 0.645. The van der Waals surface area contributed by atoms with Gasteiger partial charge in [0, 0.05) is 12.6 Å². The van der Waals surface area contributed by atoms with E-state index in [9.17, 15) is 13.2 Å². The molecule has 31 heavy (non-hydrogen) atoms. The second-order valence-corrected chi connectivity index (χ2v) is 11.5. The molecule has 0 aromatic heterocycles. The maximum absolute atomic E-state index is 13.1. The fourth-order valence-electron chi connectivity index (χ4n) is 3.80. The highest BCUT2D eigenvalue weighted by molar-refractivity contribution is 7.91. The molecule has 1 aliphatic rings. The van der Waals surface area contributed by atoms with E-state index in [1.807, 2.05) is 36.4 Å². The predicted octanol–water partition coefficient (Wildman–Crippen LogP) is 4.14. The van der Waals surface area contributed by atoms with E-state index in [0.29, 0.717) is 18.7 Å². The summed E-state index contributed by atoms with van der Waals surface area (Å²) < 4.78 is 29.8. The van der Waals surface area contributed by atoms with Crippen LogP contribution in [0.3, 0.4) is 0 Å². The van der Waals surface area contributed by atoms with E-state index in [1.165, 1.54) is 11.1 Å². The lowest BCUT2D eigenvalue weighted by molar-refractivity contribution is -0.136. The Morgan fingerprint density at radius 1 is 1.03 bits per heavy atom. The largest absolute Gasteiger partial charge is 0.484 e. The van der Waals surface area contributed by atoms with Gasteiger partial charge >= 0.3 is 0 Å². The van der Waals surface area contributed by atoms with Crippen LogP contribution in [-0.4, -0.2) is 43.4 Å². The number of sulfone groups is 1. The predicted molar refractivity (Wildman–Crippen MR) is 124 cm³/mol. The van der Waals surface area contributed by atoms with Crippen LogP contribution in [0.2, 0.25) is 0 Å². The average Bonchev–Trinajstić information content (AvgIpc) is 3.09. The highest BCUT2D eigenvalue weighted by Gasteiger charge is 2.34. The Kier molecular flexibility index (Phi) is 7.10. The first-order valence-electron chi connectivity index (χ1n) is 10.9. The first-order chi connectivity index (χ1) is 14.6. The Bertz CT molecular complexity index is 989. The first kappa shape index (κ1) is 23.3. The van der Waals surface area contributed by atoms with Crippen molar-refractivity contribution in [2.45, 2.75) is 58.5 Å². The summed E-state index contributed by atoms with van der Waals surface area (Å²) in [6, 6.07) is 15.6. The van der Waals surface area contributed by atoms with Crippen molar-refractivity contribution in [3.63, 3.8) is 0 Å². The fourth-order valence-corrected chi connectivity index (χ4v) is 5.53. The van der Waals surface area contributed by atoms with Gasteiger partial charge in [-0.05, 0) is 47.1 Å². The van der Waals surface area contributed by atoms with Gasteiger partial charge in [0.25, 0.3) is 5.91 Å². The van der Waals surface area contributed by atoms with Crippen LogP contribution in [0.4, 0.5) is 0 Å². The zero-order chi connectivity index (χ0) is 22.6. The van der Waals surface area contributed by atoms with E-state index in [4.69, 9.17) is 4.74 Å². The third-order valence-corrected chi connectivity index (χ3v) is 7.59. The van der Waals surface area contributed by atoms with Crippen molar-refractivity contribution in [1.82, 2.24) is 4.90 Å². The van der Waals surface area contributed by atoms with Crippen LogP contribution in [0.15, 0.2) is 48.5 Å². The van der Waals surface area contributed by atoms with Crippen molar-refractivity contribution in [2.24, 2.45) is 0 Å². The number of carbonyl (C=O) groups is 1. The molecule has 1 amide bonds. The van der Waals surface area contributed by atoms with Crippen LogP contribution in [0.1, 0.15) is 50.8 Å². The van der Waals surface area contributed by atoms with Crippen LogP contribution >= 0.6 is 0 Å². The molecule has 5 nitrogen and oxygen atoms in total. The fraction of sp³-hybridized carbons (Fsp3) is 0.480. The Labute approximate surface area is 186 Å². The normalized spacial score (nSPS) is 18.0. The number of hydrogen-bond acceptors (Lipinski definition) is 4. The highest BCUT2D eigenvalue weighted by Crippen LogP contribution is 2.25. The molecular formula is C25H33NO4S. The molecule has 1 heterocycles. The van der Waals surface area contributed by atoms with Gasteiger partial charge in [0.1, 0.15) is 5.75 Å². The van der Waals surface area contributed by atoms with Gasteiger partial charge in [-0.25, -0.2) is 8.42 Å². The number of aryl methyl sites for hydroxylation is 1. The lowest BCUT2D eigenvalue weighted by atomic mass is 9.87. The Morgan fingerprint density at radius 2 is 1.65 bits per heavy atom. The molecule has 1 fully saturated rings. The van der Waals surface area contributed by atoms with Crippen LogP contribution in [0.25, 0.3) is 0 Å². The first-order valence-corrected chi connectivity index (χ1v) is 12.7. The van der Waals surface area contributed by atoms with Crippen LogP contribution in [0.5, 0.6) is 5.75 Å². The molecular weight excluding hydrogens is 410 g/mol. The summed E-state index contributed by atoms with van der Waals surface area (Å²) in [7, 11) is -3.10. The zero-order valence-electron chi connectivity index (χ0n) is 18.9. The van der Waals surface area contributed by atoms with Crippen molar-refractivity contribution < 1.29 is 17.9 Å². The summed E-state index contributed by atoms with van der Waals surface area (Å²) in [5.74, 6) is 0.589. The van der Waals surface area contributed by atoms with Gasteiger partial charge in [0.2, 0.25) is 0 Å². The number of amides is 1. The van der Waals surface area contributed by atoms with Gasteiger partial charge in [-0.3, -0.25) is 4.79 Å². The van der Waals surface area contributed by atoms with Crippen molar-refractivity contribution in [1.29, 1.82) is 0 Å². The Morgan fingerprint density at radius 3 is 2.16 bits per heavy atom. The molecule has 2 aromatic rings. The van der Waals surface area contributed by atoms with E-state index < -0.39 is 9.84 Å². The molecule has 0 radical (unpaired) electrons. The molecule has 0 bridgehead atoms. The minimum atomic E-state index is -3.10. The molecule has 3 rings (SSSR count). The number of rotatable bonds is 7.